The third-order valence-electron chi connectivity index (χ3n) is 6.05. The second kappa shape index (κ2) is 2.96. The zero-order valence-corrected chi connectivity index (χ0v) is 11.4. The lowest BCUT2D eigenvalue weighted by atomic mass is 9.54. The van der Waals surface area contributed by atoms with Crippen molar-refractivity contribution in [2.75, 3.05) is 0 Å². The molecule has 0 amide bonds. The number of rotatable bonds is 0. The van der Waals surface area contributed by atoms with E-state index in [2.05, 4.69) is 20.8 Å². The zero-order chi connectivity index (χ0) is 12.6. The minimum Gasteiger partial charge on any atom is -0.390 e. The Morgan fingerprint density at radius 2 is 1.82 bits per heavy atom. The van der Waals surface area contributed by atoms with Crippen LogP contribution in [0.5, 0.6) is 0 Å². The molecule has 96 valence electrons. The van der Waals surface area contributed by atoms with Gasteiger partial charge in [0.15, 0.2) is 0 Å². The van der Waals surface area contributed by atoms with E-state index in [0.29, 0.717) is 24.0 Å². The number of fused-ring (bicyclic) bond motifs is 3. The van der Waals surface area contributed by atoms with Crippen molar-refractivity contribution in [1.29, 1.82) is 0 Å². The summed E-state index contributed by atoms with van der Waals surface area (Å²) in [7, 11) is 0. The second-order valence-electron chi connectivity index (χ2n) is 7.81. The van der Waals surface area contributed by atoms with Crippen LogP contribution < -0.4 is 0 Å². The summed E-state index contributed by atoms with van der Waals surface area (Å²) in [6, 6.07) is 0. The highest BCUT2D eigenvalue weighted by Crippen LogP contribution is 2.73. The molecule has 3 rings (SSSR count). The summed E-state index contributed by atoms with van der Waals surface area (Å²) in [6.45, 7) is 8.64. The molecule has 3 aliphatic carbocycles. The number of hydrogen-bond acceptors (Lipinski definition) is 2. The van der Waals surface area contributed by atoms with Crippen molar-refractivity contribution in [1.82, 2.24) is 0 Å². The molecule has 0 bridgehead atoms. The average Bonchev–Trinajstić information content (AvgIpc) is 2.66. The van der Waals surface area contributed by atoms with Gasteiger partial charge in [0, 0.05) is 12.3 Å². The molecule has 3 aliphatic rings. The Kier molecular flexibility index (Phi) is 2.04. The SMILES string of the molecule is CC1(C)C2C(=O)C[C@@]3(C)CCC[C@@](C)(O)[C@@H]3C21. The maximum Gasteiger partial charge on any atom is 0.137 e. The molecule has 2 unspecified atom stereocenters. The van der Waals surface area contributed by atoms with Crippen molar-refractivity contribution in [2.24, 2.45) is 28.6 Å². The van der Waals surface area contributed by atoms with Crippen molar-refractivity contribution in [3.63, 3.8) is 0 Å². The molecule has 0 heterocycles. The topological polar surface area (TPSA) is 37.3 Å². The quantitative estimate of drug-likeness (QED) is 0.702. The Bertz CT molecular complexity index is 382. The zero-order valence-electron chi connectivity index (χ0n) is 11.4. The first-order chi connectivity index (χ1) is 7.70. The molecule has 2 heteroatoms. The number of carbonyl (C=O) groups excluding carboxylic acids is 1. The number of aliphatic hydroxyl groups is 1. The van der Waals surface area contributed by atoms with E-state index in [1.807, 2.05) is 6.92 Å². The lowest BCUT2D eigenvalue weighted by Gasteiger charge is -2.52. The Labute approximate surface area is 104 Å². The molecule has 5 atom stereocenters. The van der Waals surface area contributed by atoms with Gasteiger partial charge in [0.05, 0.1) is 5.60 Å². The minimum atomic E-state index is -0.565. The standard InChI is InChI=1S/C15H24O2/c1-13(2)10-9(16)8-14(3)6-5-7-15(4,17)12(14)11(10)13/h10-12,17H,5-8H2,1-4H3/t10?,11?,12-,14-,15-/m1/s1. The third-order valence-corrected chi connectivity index (χ3v) is 6.05. The predicted molar refractivity (Wildman–Crippen MR) is 66.5 cm³/mol. The van der Waals surface area contributed by atoms with Gasteiger partial charge in [0.2, 0.25) is 0 Å². The van der Waals surface area contributed by atoms with Crippen LogP contribution in [-0.2, 0) is 4.79 Å². The fourth-order valence-electron chi connectivity index (χ4n) is 5.35. The van der Waals surface area contributed by atoms with E-state index in [1.54, 1.807) is 0 Å². The second-order valence-corrected chi connectivity index (χ2v) is 7.81. The van der Waals surface area contributed by atoms with E-state index in [0.717, 1.165) is 19.3 Å². The average molecular weight is 236 g/mol. The fraction of sp³-hybridized carbons (Fsp3) is 0.933. The summed E-state index contributed by atoms with van der Waals surface area (Å²) in [5.41, 5.74) is -0.390. The number of Topliss-reactive ketones (excluding diaryl/α,β-unsaturated/α-hetero) is 1. The van der Waals surface area contributed by atoms with Crippen LogP contribution in [0.4, 0.5) is 0 Å². The molecule has 2 nitrogen and oxygen atoms in total. The maximum absolute atomic E-state index is 12.2. The summed E-state index contributed by atoms with van der Waals surface area (Å²) >= 11 is 0. The first kappa shape index (κ1) is 11.7. The summed E-state index contributed by atoms with van der Waals surface area (Å²) in [4.78, 5) is 12.2. The van der Waals surface area contributed by atoms with Gasteiger partial charge in [0.25, 0.3) is 0 Å². The first-order valence-corrected chi connectivity index (χ1v) is 6.95. The lowest BCUT2D eigenvalue weighted by molar-refractivity contribution is -0.145. The molecule has 3 fully saturated rings. The van der Waals surface area contributed by atoms with Gasteiger partial charge < -0.3 is 5.11 Å². The van der Waals surface area contributed by atoms with E-state index in [1.165, 1.54) is 0 Å². The van der Waals surface area contributed by atoms with Crippen molar-refractivity contribution in [2.45, 2.75) is 59.0 Å². The van der Waals surface area contributed by atoms with Crippen LogP contribution in [-0.4, -0.2) is 16.5 Å². The van der Waals surface area contributed by atoms with Gasteiger partial charge in [-0.25, -0.2) is 0 Å². The molecule has 0 radical (unpaired) electrons. The molecular weight excluding hydrogens is 212 g/mol. The van der Waals surface area contributed by atoms with Crippen molar-refractivity contribution >= 4 is 5.78 Å². The highest BCUT2D eigenvalue weighted by molar-refractivity contribution is 5.87. The molecule has 0 spiro atoms. The summed E-state index contributed by atoms with van der Waals surface area (Å²) in [5.74, 6) is 1.42. The predicted octanol–water partition coefficient (Wildman–Crippen LogP) is 2.79. The fourth-order valence-corrected chi connectivity index (χ4v) is 5.35. The molecule has 0 aromatic rings. The van der Waals surface area contributed by atoms with Crippen LogP contribution in [0.25, 0.3) is 0 Å². The Morgan fingerprint density at radius 1 is 1.18 bits per heavy atom. The van der Waals surface area contributed by atoms with Crippen LogP contribution >= 0.6 is 0 Å². The normalized spacial score (nSPS) is 56.1. The Morgan fingerprint density at radius 3 is 2.47 bits per heavy atom. The molecule has 1 N–H and O–H groups in total. The number of carbonyl (C=O) groups is 1. The van der Waals surface area contributed by atoms with Crippen molar-refractivity contribution in [3.8, 4) is 0 Å². The van der Waals surface area contributed by atoms with E-state index < -0.39 is 5.60 Å². The van der Waals surface area contributed by atoms with Crippen LogP contribution in [0.2, 0.25) is 0 Å². The largest absolute Gasteiger partial charge is 0.390 e. The summed E-state index contributed by atoms with van der Waals surface area (Å²) < 4.78 is 0. The Hall–Kier alpha value is -0.370. The Balaban J connectivity index is 2.04. The van der Waals surface area contributed by atoms with Gasteiger partial charge in [-0.15, -0.1) is 0 Å². The van der Waals surface area contributed by atoms with E-state index >= 15 is 0 Å². The minimum absolute atomic E-state index is 0.0494. The molecule has 0 aromatic heterocycles. The highest BCUT2D eigenvalue weighted by Gasteiger charge is 2.73. The molecular formula is C15H24O2. The number of hydrogen-bond donors (Lipinski definition) is 1. The molecule has 3 saturated carbocycles. The monoisotopic (exact) mass is 236 g/mol. The molecule has 0 aliphatic heterocycles. The number of ketones is 1. The van der Waals surface area contributed by atoms with Gasteiger partial charge >= 0.3 is 0 Å². The first-order valence-electron chi connectivity index (χ1n) is 6.95. The highest BCUT2D eigenvalue weighted by atomic mass is 16.3. The van der Waals surface area contributed by atoms with Gasteiger partial charge in [-0.1, -0.05) is 27.2 Å². The summed E-state index contributed by atoms with van der Waals surface area (Å²) in [6.07, 6.45) is 3.77. The molecule has 0 aromatic carbocycles. The van der Waals surface area contributed by atoms with Crippen LogP contribution in [0.1, 0.15) is 53.4 Å². The van der Waals surface area contributed by atoms with Gasteiger partial charge in [-0.3, -0.25) is 4.79 Å². The van der Waals surface area contributed by atoms with E-state index in [4.69, 9.17) is 0 Å². The smallest absolute Gasteiger partial charge is 0.137 e. The van der Waals surface area contributed by atoms with Crippen molar-refractivity contribution in [3.05, 3.63) is 0 Å². The van der Waals surface area contributed by atoms with Crippen LogP contribution in [0.3, 0.4) is 0 Å². The molecule has 17 heavy (non-hydrogen) atoms. The van der Waals surface area contributed by atoms with E-state index in [9.17, 15) is 9.90 Å². The molecule has 0 saturated heterocycles. The summed E-state index contributed by atoms with van der Waals surface area (Å²) in [5, 5.41) is 10.7. The van der Waals surface area contributed by atoms with E-state index in [-0.39, 0.29) is 16.7 Å². The van der Waals surface area contributed by atoms with Gasteiger partial charge in [-0.2, -0.15) is 0 Å². The van der Waals surface area contributed by atoms with Crippen molar-refractivity contribution < 1.29 is 9.90 Å². The lowest BCUT2D eigenvalue weighted by Crippen LogP contribution is -2.52. The van der Waals surface area contributed by atoms with Crippen LogP contribution in [0, 0.1) is 28.6 Å². The maximum atomic E-state index is 12.2. The van der Waals surface area contributed by atoms with Gasteiger partial charge in [-0.05, 0) is 42.4 Å². The third kappa shape index (κ3) is 1.34. The van der Waals surface area contributed by atoms with Crippen LogP contribution in [0.15, 0.2) is 0 Å². The van der Waals surface area contributed by atoms with Gasteiger partial charge in [0.1, 0.15) is 5.78 Å².